The Morgan fingerprint density at radius 2 is 2.12 bits per heavy atom. The number of nitrogens with one attached hydrogen (secondary N) is 2. The van der Waals surface area contributed by atoms with E-state index in [2.05, 4.69) is 15.4 Å². The average Bonchev–Trinajstić information content (AvgIpc) is 2.74. The minimum atomic E-state index is -1.03. The van der Waals surface area contributed by atoms with E-state index in [-0.39, 0.29) is 19.8 Å². The number of carboxylic acids is 1. The van der Waals surface area contributed by atoms with Crippen LogP contribution in [0, 0.1) is 5.92 Å². The molecule has 1 saturated heterocycles. The molecular weight excluding hydrogens is 232 g/mol. The lowest BCUT2D eigenvalue weighted by Crippen LogP contribution is -2.48. The van der Waals surface area contributed by atoms with Gasteiger partial charge in [0.1, 0.15) is 12.5 Å². The number of carboxylic acid groups (broad SMARTS) is 1. The van der Waals surface area contributed by atoms with E-state index in [0.29, 0.717) is 0 Å². The van der Waals surface area contributed by atoms with Gasteiger partial charge >= 0.3 is 18.0 Å². The zero-order valence-electron chi connectivity index (χ0n) is 9.26. The molecule has 0 spiro atoms. The van der Waals surface area contributed by atoms with E-state index in [0.717, 1.165) is 0 Å². The summed E-state index contributed by atoms with van der Waals surface area (Å²) < 4.78 is 9.29. The molecular formula is C9H14N2O6. The predicted octanol–water partition coefficient (Wildman–Crippen LogP) is -1.44. The first-order valence-electron chi connectivity index (χ1n) is 4.96. The largest absolute Gasteiger partial charge is 0.481 e. The maximum atomic E-state index is 11.3. The lowest BCUT2D eigenvalue weighted by atomic mass is 10.0. The van der Waals surface area contributed by atoms with Crippen molar-refractivity contribution in [1.82, 2.24) is 10.6 Å². The first-order valence-corrected chi connectivity index (χ1v) is 4.96. The van der Waals surface area contributed by atoms with Crippen molar-refractivity contribution in [2.75, 3.05) is 26.9 Å². The van der Waals surface area contributed by atoms with E-state index >= 15 is 0 Å². The van der Waals surface area contributed by atoms with Gasteiger partial charge in [-0.05, 0) is 0 Å². The van der Waals surface area contributed by atoms with Gasteiger partial charge in [-0.1, -0.05) is 0 Å². The lowest BCUT2D eigenvalue weighted by molar-refractivity contribution is -0.142. The predicted molar refractivity (Wildman–Crippen MR) is 54.3 cm³/mol. The summed E-state index contributed by atoms with van der Waals surface area (Å²) in [4.78, 5) is 32.8. The quantitative estimate of drug-likeness (QED) is 0.523. The topological polar surface area (TPSA) is 114 Å². The molecule has 1 aliphatic rings. The van der Waals surface area contributed by atoms with Crippen molar-refractivity contribution in [2.24, 2.45) is 5.92 Å². The van der Waals surface area contributed by atoms with Crippen LogP contribution in [-0.2, 0) is 19.1 Å². The van der Waals surface area contributed by atoms with Crippen molar-refractivity contribution in [1.29, 1.82) is 0 Å². The van der Waals surface area contributed by atoms with Gasteiger partial charge in [0.25, 0.3) is 0 Å². The summed E-state index contributed by atoms with van der Waals surface area (Å²) in [5.74, 6) is -2.38. The zero-order valence-corrected chi connectivity index (χ0v) is 9.26. The van der Waals surface area contributed by atoms with E-state index in [4.69, 9.17) is 9.84 Å². The lowest BCUT2D eigenvalue weighted by Gasteiger charge is -2.15. The minimum absolute atomic E-state index is 0.0667. The van der Waals surface area contributed by atoms with Crippen molar-refractivity contribution in [3.05, 3.63) is 0 Å². The van der Waals surface area contributed by atoms with Crippen LogP contribution in [0.1, 0.15) is 0 Å². The van der Waals surface area contributed by atoms with Gasteiger partial charge in [0.05, 0.1) is 26.4 Å². The number of rotatable bonds is 4. The molecule has 8 nitrogen and oxygen atoms in total. The molecule has 8 heteroatoms. The third-order valence-electron chi connectivity index (χ3n) is 2.34. The fourth-order valence-electron chi connectivity index (χ4n) is 1.38. The van der Waals surface area contributed by atoms with Gasteiger partial charge in [0.15, 0.2) is 0 Å². The highest BCUT2D eigenvalue weighted by molar-refractivity contribution is 5.81. The summed E-state index contributed by atoms with van der Waals surface area (Å²) in [6.07, 6.45) is 0. The summed E-state index contributed by atoms with van der Waals surface area (Å²) in [6, 6.07) is -1.22. The maximum Gasteiger partial charge on any atom is 0.325 e. The number of esters is 1. The van der Waals surface area contributed by atoms with Crippen LogP contribution in [0.2, 0.25) is 0 Å². The van der Waals surface area contributed by atoms with E-state index in [9.17, 15) is 14.4 Å². The number of hydrogen-bond acceptors (Lipinski definition) is 5. The first-order chi connectivity index (χ1) is 8.04. The second kappa shape index (κ2) is 6.04. The number of carbonyl (C=O) groups is 3. The second-order valence-corrected chi connectivity index (χ2v) is 3.49. The van der Waals surface area contributed by atoms with Crippen LogP contribution in [0.25, 0.3) is 0 Å². The number of methoxy groups -OCH3 is 1. The van der Waals surface area contributed by atoms with Crippen LogP contribution in [-0.4, -0.2) is 56.0 Å². The molecule has 96 valence electrons. The summed E-state index contributed by atoms with van der Waals surface area (Å²) in [5, 5.41) is 13.5. The van der Waals surface area contributed by atoms with Gasteiger partial charge in [-0.15, -0.1) is 0 Å². The van der Waals surface area contributed by atoms with Gasteiger partial charge in [-0.25, -0.2) is 4.79 Å². The average molecular weight is 246 g/mol. The maximum absolute atomic E-state index is 11.3. The number of hydrogen-bond donors (Lipinski definition) is 3. The molecule has 2 unspecified atom stereocenters. The first kappa shape index (κ1) is 13.2. The molecule has 2 atom stereocenters. The van der Waals surface area contributed by atoms with E-state index in [1.165, 1.54) is 7.11 Å². The van der Waals surface area contributed by atoms with Crippen molar-refractivity contribution in [2.45, 2.75) is 6.04 Å². The zero-order chi connectivity index (χ0) is 12.8. The Morgan fingerprint density at radius 3 is 2.71 bits per heavy atom. The molecule has 0 aliphatic carbocycles. The summed E-state index contributed by atoms with van der Waals surface area (Å²) >= 11 is 0. The molecule has 1 heterocycles. The van der Waals surface area contributed by atoms with Crippen LogP contribution in [0.4, 0.5) is 4.79 Å². The fraction of sp³-hybridized carbons (Fsp3) is 0.667. The molecule has 1 rings (SSSR count). The van der Waals surface area contributed by atoms with E-state index in [1.54, 1.807) is 0 Å². The van der Waals surface area contributed by atoms with Crippen LogP contribution in [0.15, 0.2) is 0 Å². The molecule has 2 amide bonds. The Morgan fingerprint density at radius 1 is 1.41 bits per heavy atom. The van der Waals surface area contributed by atoms with Crippen molar-refractivity contribution in [3.63, 3.8) is 0 Å². The third-order valence-corrected chi connectivity index (χ3v) is 2.34. The number of urea groups is 1. The summed E-state index contributed by atoms with van der Waals surface area (Å²) in [5.41, 5.74) is 0. The molecule has 1 aliphatic heterocycles. The monoisotopic (exact) mass is 246 g/mol. The van der Waals surface area contributed by atoms with Gasteiger partial charge < -0.3 is 25.2 Å². The molecule has 17 heavy (non-hydrogen) atoms. The standard InChI is InChI=1S/C9H14N2O6/c1-16-7(12)2-10-9(15)11-6-4-17-3-5(6)8(13)14/h5-6H,2-4H2,1H3,(H,13,14)(H2,10,11,15). The highest BCUT2D eigenvalue weighted by Crippen LogP contribution is 2.13. The highest BCUT2D eigenvalue weighted by Gasteiger charge is 2.35. The molecule has 0 aromatic carbocycles. The van der Waals surface area contributed by atoms with Crippen molar-refractivity contribution >= 4 is 18.0 Å². The molecule has 0 aromatic heterocycles. The Hall–Kier alpha value is -1.83. The summed E-state index contributed by atoms with van der Waals surface area (Å²) in [7, 11) is 1.20. The Balaban J connectivity index is 2.35. The number of aliphatic carboxylic acids is 1. The van der Waals surface area contributed by atoms with Crippen molar-refractivity contribution < 1.29 is 29.0 Å². The normalized spacial score (nSPS) is 22.9. The van der Waals surface area contributed by atoms with E-state index < -0.39 is 29.9 Å². The molecule has 3 N–H and O–H groups in total. The SMILES string of the molecule is COC(=O)CNC(=O)NC1COCC1C(=O)O. The van der Waals surface area contributed by atoms with Crippen LogP contribution < -0.4 is 10.6 Å². The van der Waals surface area contributed by atoms with Crippen LogP contribution in [0.5, 0.6) is 0 Å². The number of amides is 2. The van der Waals surface area contributed by atoms with E-state index in [1.807, 2.05) is 0 Å². The smallest absolute Gasteiger partial charge is 0.325 e. The van der Waals surface area contributed by atoms with Crippen molar-refractivity contribution in [3.8, 4) is 0 Å². The van der Waals surface area contributed by atoms with Gasteiger partial charge in [-0.3, -0.25) is 9.59 Å². The molecule has 0 aromatic rings. The third kappa shape index (κ3) is 3.91. The Bertz CT molecular complexity index is 319. The molecule has 0 saturated carbocycles. The van der Waals surface area contributed by atoms with Gasteiger partial charge in [0.2, 0.25) is 0 Å². The Kier molecular flexibility index (Phi) is 4.70. The van der Waals surface area contributed by atoms with Gasteiger partial charge in [0, 0.05) is 0 Å². The molecule has 1 fully saturated rings. The minimum Gasteiger partial charge on any atom is -0.481 e. The molecule has 0 bridgehead atoms. The van der Waals surface area contributed by atoms with Crippen LogP contribution in [0.3, 0.4) is 0 Å². The highest BCUT2D eigenvalue weighted by atomic mass is 16.5. The number of ether oxygens (including phenoxy) is 2. The Labute approximate surface area is 97.3 Å². The van der Waals surface area contributed by atoms with Gasteiger partial charge in [-0.2, -0.15) is 0 Å². The second-order valence-electron chi connectivity index (χ2n) is 3.49. The number of carbonyl (C=O) groups excluding carboxylic acids is 2. The fourth-order valence-corrected chi connectivity index (χ4v) is 1.38. The molecule has 0 radical (unpaired) electrons. The van der Waals surface area contributed by atoms with Crippen LogP contribution >= 0.6 is 0 Å². The summed E-state index contributed by atoms with van der Waals surface area (Å²) in [6.45, 7) is -0.0620.